The molecule has 2 heterocycles. The largest absolute Gasteiger partial charge is 0.320 e. The fourth-order valence-electron chi connectivity index (χ4n) is 2.24. The van der Waals surface area contributed by atoms with E-state index in [4.69, 9.17) is 23.2 Å². The van der Waals surface area contributed by atoms with Crippen LogP contribution in [0.15, 0.2) is 30.7 Å². The van der Waals surface area contributed by atoms with Gasteiger partial charge in [0, 0.05) is 17.1 Å². The van der Waals surface area contributed by atoms with Crippen molar-refractivity contribution < 1.29 is 9.72 Å². The lowest BCUT2D eigenvalue weighted by atomic mass is 10.2. The summed E-state index contributed by atoms with van der Waals surface area (Å²) in [6.07, 6.45) is 2.40. The lowest BCUT2D eigenvalue weighted by Crippen LogP contribution is -2.18. The Labute approximate surface area is 156 Å². The van der Waals surface area contributed by atoms with Crippen molar-refractivity contribution in [2.75, 3.05) is 5.32 Å². The zero-order chi connectivity index (χ0) is 18.8. The molecule has 0 saturated heterocycles. The molecule has 12 heteroatoms. The molecule has 0 aliphatic rings. The molecular formula is C14H11Cl2N7O3. The maximum atomic E-state index is 12.3. The average Bonchev–Trinajstić information content (AvgIpc) is 3.16. The number of benzene rings is 1. The second-order valence-corrected chi connectivity index (χ2v) is 6.06. The Hall–Kier alpha value is -2.98. The van der Waals surface area contributed by atoms with Gasteiger partial charge in [-0.1, -0.05) is 29.3 Å². The van der Waals surface area contributed by atoms with E-state index < -0.39 is 16.5 Å². The number of nitrogens with one attached hydrogen (secondary N) is 1. The van der Waals surface area contributed by atoms with E-state index in [-0.39, 0.29) is 11.6 Å². The summed E-state index contributed by atoms with van der Waals surface area (Å²) < 4.78 is 2.57. The number of anilines is 1. The number of aromatic nitrogens is 5. The van der Waals surface area contributed by atoms with Crippen molar-refractivity contribution in [2.45, 2.75) is 6.54 Å². The number of carbonyl (C=O) groups is 1. The molecule has 2 aromatic heterocycles. The Morgan fingerprint density at radius 3 is 2.85 bits per heavy atom. The van der Waals surface area contributed by atoms with Gasteiger partial charge < -0.3 is 0 Å². The molecule has 10 nitrogen and oxygen atoms in total. The first-order valence-electron chi connectivity index (χ1n) is 7.16. The fourth-order valence-corrected chi connectivity index (χ4v) is 2.70. The van der Waals surface area contributed by atoms with Gasteiger partial charge in [-0.15, -0.1) is 5.10 Å². The molecule has 1 N–H and O–H groups in total. The van der Waals surface area contributed by atoms with Gasteiger partial charge in [0.1, 0.15) is 12.5 Å². The lowest BCUT2D eigenvalue weighted by Gasteiger charge is -2.04. The second-order valence-electron chi connectivity index (χ2n) is 5.21. The van der Waals surface area contributed by atoms with Crippen LogP contribution >= 0.6 is 23.2 Å². The highest BCUT2D eigenvalue weighted by Crippen LogP contribution is 2.22. The van der Waals surface area contributed by atoms with E-state index in [2.05, 4.69) is 20.5 Å². The molecule has 134 valence electrons. The molecule has 1 amide bonds. The predicted molar refractivity (Wildman–Crippen MR) is 93.4 cm³/mol. The van der Waals surface area contributed by atoms with Crippen molar-refractivity contribution in [1.82, 2.24) is 24.5 Å². The fraction of sp³-hybridized carbons (Fsp3) is 0.143. The van der Waals surface area contributed by atoms with E-state index in [0.717, 1.165) is 16.4 Å². The molecule has 0 aliphatic heterocycles. The standard InChI is InChI=1S/C14H11Cl2N7O3/c1-21-12(11(5-18-21)23(25)26)13(24)19-14-17-7-22(20-14)6-8-2-3-9(15)4-10(8)16/h2-5,7H,6H2,1H3,(H,19,20,24). The molecule has 0 atom stereocenters. The summed E-state index contributed by atoms with van der Waals surface area (Å²) in [6.45, 7) is 0.310. The van der Waals surface area contributed by atoms with Crippen molar-refractivity contribution in [2.24, 2.45) is 7.05 Å². The van der Waals surface area contributed by atoms with E-state index in [1.54, 1.807) is 18.2 Å². The first-order valence-corrected chi connectivity index (χ1v) is 7.92. The minimum Gasteiger partial charge on any atom is -0.288 e. The number of hydrogen-bond donors (Lipinski definition) is 1. The van der Waals surface area contributed by atoms with Gasteiger partial charge in [-0.2, -0.15) is 5.10 Å². The van der Waals surface area contributed by atoms with E-state index in [0.29, 0.717) is 16.6 Å². The molecule has 0 bridgehead atoms. The third-order valence-corrected chi connectivity index (χ3v) is 4.03. The summed E-state index contributed by atoms with van der Waals surface area (Å²) >= 11 is 12.0. The van der Waals surface area contributed by atoms with E-state index >= 15 is 0 Å². The molecule has 0 saturated carbocycles. The van der Waals surface area contributed by atoms with E-state index in [1.807, 2.05) is 0 Å². The molecule has 0 aliphatic carbocycles. The van der Waals surface area contributed by atoms with Gasteiger partial charge in [0.25, 0.3) is 5.91 Å². The maximum absolute atomic E-state index is 12.3. The summed E-state index contributed by atoms with van der Waals surface area (Å²) in [5.41, 5.74) is 0.158. The quantitative estimate of drug-likeness (QED) is 0.523. The van der Waals surface area contributed by atoms with Crippen molar-refractivity contribution in [1.29, 1.82) is 0 Å². The third kappa shape index (κ3) is 3.65. The first-order chi connectivity index (χ1) is 12.3. The summed E-state index contributed by atoms with van der Waals surface area (Å²) in [5, 5.41) is 22.2. The Kier molecular flexibility index (Phi) is 4.87. The predicted octanol–water partition coefficient (Wildman–Crippen LogP) is 2.53. The molecule has 0 fully saturated rings. The third-order valence-electron chi connectivity index (χ3n) is 3.44. The zero-order valence-corrected chi connectivity index (χ0v) is 14.8. The number of rotatable bonds is 5. The van der Waals surface area contributed by atoms with Crippen LogP contribution in [0.3, 0.4) is 0 Å². The van der Waals surface area contributed by atoms with E-state index in [9.17, 15) is 14.9 Å². The Balaban J connectivity index is 1.75. The van der Waals surface area contributed by atoms with Gasteiger partial charge in [0.2, 0.25) is 11.6 Å². The van der Waals surface area contributed by atoms with Crippen LogP contribution in [0.2, 0.25) is 10.0 Å². The van der Waals surface area contributed by atoms with Gasteiger partial charge in [-0.05, 0) is 17.7 Å². The highest BCUT2D eigenvalue weighted by Gasteiger charge is 2.26. The molecule has 0 spiro atoms. The normalized spacial score (nSPS) is 10.7. The van der Waals surface area contributed by atoms with Crippen LogP contribution in [0.1, 0.15) is 16.1 Å². The molecule has 3 rings (SSSR count). The van der Waals surface area contributed by atoms with Crippen molar-refractivity contribution in [3.63, 3.8) is 0 Å². The van der Waals surface area contributed by atoms with Gasteiger partial charge >= 0.3 is 5.69 Å². The second kappa shape index (κ2) is 7.10. The minimum atomic E-state index is -0.737. The molecule has 0 unspecified atom stereocenters. The van der Waals surface area contributed by atoms with Gasteiger partial charge in [0.05, 0.1) is 11.5 Å². The smallest absolute Gasteiger partial charge is 0.288 e. The monoisotopic (exact) mass is 395 g/mol. The highest BCUT2D eigenvalue weighted by atomic mass is 35.5. The van der Waals surface area contributed by atoms with Crippen LogP contribution in [0, 0.1) is 10.1 Å². The van der Waals surface area contributed by atoms with Gasteiger partial charge in [-0.3, -0.25) is 24.9 Å². The number of aryl methyl sites for hydroxylation is 1. The number of nitro groups is 1. The number of hydrogen-bond acceptors (Lipinski definition) is 6. The maximum Gasteiger partial charge on any atom is 0.320 e. The highest BCUT2D eigenvalue weighted by molar-refractivity contribution is 6.35. The molecular weight excluding hydrogens is 385 g/mol. The van der Waals surface area contributed by atoms with Crippen molar-refractivity contribution >= 4 is 40.7 Å². The van der Waals surface area contributed by atoms with Gasteiger partial charge in [0.15, 0.2) is 0 Å². The van der Waals surface area contributed by atoms with Crippen molar-refractivity contribution in [3.05, 3.63) is 62.1 Å². The van der Waals surface area contributed by atoms with Crippen LogP contribution in [0.25, 0.3) is 0 Å². The Morgan fingerprint density at radius 1 is 1.38 bits per heavy atom. The first kappa shape index (κ1) is 17.8. The Morgan fingerprint density at radius 2 is 2.15 bits per heavy atom. The average molecular weight is 396 g/mol. The molecule has 1 aromatic carbocycles. The number of amides is 1. The van der Waals surface area contributed by atoms with Crippen LogP contribution in [-0.2, 0) is 13.6 Å². The molecule has 0 radical (unpaired) electrons. The van der Waals surface area contributed by atoms with Gasteiger partial charge in [-0.25, -0.2) is 9.67 Å². The minimum absolute atomic E-state index is 0.00409. The summed E-state index contributed by atoms with van der Waals surface area (Å²) in [5.74, 6) is -0.741. The lowest BCUT2D eigenvalue weighted by molar-refractivity contribution is -0.385. The van der Waals surface area contributed by atoms with Crippen LogP contribution in [0.5, 0.6) is 0 Å². The number of carbonyl (C=O) groups excluding carboxylic acids is 1. The van der Waals surface area contributed by atoms with Crippen molar-refractivity contribution in [3.8, 4) is 0 Å². The Bertz CT molecular complexity index is 998. The summed E-state index contributed by atoms with van der Waals surface area (Å²) in [7, 11) is 1.43. The van der Waals surface area contributed by atoms with Crippen LogP contribution < -0.4 is 5.32 Å². The number of nitrogens with zero attached hydrogens (tertiary/aromatic N) is 6. The SMILES string of the molecule is Cn1ncc([N+](=O)[O-])c1C(=O)Nc1ncn(Cc2ccc(Cl)cc2Cl)n1. The van der Waals surface area contributed by atoms with E-state index in [1.165, 1.54) is 18.1 Å². The summed E-state index contributed by atoms with van der Waals surface area (Å²) in [4.78, 5) is 26.5. The van der Waals surface area contributed by atoms with Crippen LogP contribution in [-0.4, -0.2) is 35.4 Å². The molecule has 26 heavy (non-hydrogen) atoms. The number of halogens is 2. The zero-order valence-electron chi connectivity index (χ0n) is 13.3. The molecule has 3 aromatic rings. The van der Waals surface area contributed by atoms with Crippen LogP contribution in [0.4, 0.5) is 11.6 Å². The topological polar surface area (TPSA) is 121 Å². The summed E-state index contributed by atoms with van der Waals surface area (Å²) in [6, 6.07) is 5.06.